The Morgan fingerprint density at radius 3 is 3.07 bits per heavy atom. The number of carbonyl (C=O) groups excluding carboxylic acids is 1. The van der Waals surface area contributed by atoms with Crippen molar-refractivity contribution in [3.63, 3.8) is 0 Å². The number of carbonyl (C=O) groups is 1. The summed E-state index contributed by atoms with van der Waals surface area (Å²) in [6, 6.07) is -0.139. The van der Waals surface area contributed by atoms with Gasteiger partial charge in [-0.1, -0.05) is 0 Å². The van der Waals surface area contributed by atoms with Gasteiger partial charge in [0.25, 0.3) is 0 Å². The van der Waals surface area contributed by atoms with Crippen LogP contribution in [-0.4, -0.2) is 36.9 Å². The number of nitrogens with one attached hydrogen (secondary N) is 1. The highest BCUT2D eigenvalue weighted by Crippen LogP contribution is 2.18. The van der Waals surface area contributed by atoms with Gasteiger partial charge in [-0.15, -0.1) is 0 Å². The molecule has 4 nitrogen and oxygen atoms in total. The largest absolute Gasteiger partial charge is 0.394 e. The maximum Gasteiger partial charge on any atom is 0.220 e. The minimum Gasteiger partial charge on any atom is -0.394 e. The quantitative estimate of drug-likeness (QED) is 0.709. The molecule has 0 aromatic carbocycles. The Labute approximate surface area is 91.0 Å². The van der Waals surface area contributed by atoms with E-state index in [0.29, 0.717) is 12.3 Å². The lowest BCUT2D eigenvalue weighted by atomic mass is 9.97. The predicted octanol–water partition coefficient (Wildman–Crippen LogP) is 0.690. The van der Waals surface area contributed by atoms with Gasteiger partial charge in [-0.2, -0.15) is 0 Å². The maximum absolute atomic E-state index is 11.4. The van der Waals surface area contributed by atoms with Crippen molar-refractivity contribution in [2.45, 2.75) is 38.6 Å². The molecule has 0 aromatic heterocycles. The van der Waals surface area contributed by atoms with Gasteiger partial charge in [0, 0.05) is 25.7 Å². The van der Waals surface area contributed by atoms with Crippen molar-refractivity contribution in [2.75, 3.05) is 19.8 Å². The second kappa shape index (κ2) is 6.80. The second-order valence-corrected chi connectivity index (χ2v) is 4.27. The predicted molar refractivity (Wildman–Crippen MR) is 57.5 cm³/mol. The smallest absolute Gasteiger partial charge is 0.220 e. The van der Waals surface area contributed by atoms with E-state index < -0.39 is 0 Å². The third-order valence-electron chi connectivity index (χ3n) is 2.72. The topological polar surface area (TPSA) is 58.6 Å². The van der Waals surface area contributed by atoms with Crippen LogP contribution in [-0.2, 0) is 9.53 Å². The molecule has 1 amide bonds. The van der Waals surface area contributed by atoms with Gasteiger partial charge in [0.05, 0.1) is 6.61 Å². The molecule has 0 radical (unpaired) electrons. The number of amides is 1. The molecular weight excluding hydrogens is 194 g/mol. The van der Waals surface area contributed by atoms with Crippen molar-refractivity contribution in [3.8, 4) is 0 Å². The van der Waals surface area contributed by atoms with Crippen LogP contribution < -0.4 is 5.32 Å². The molecule has 0 saturated carbocycles. The Kier molecular flexibility index (Phi) is 5.65. The Morgan fingerprint density at radius 2 is 2.47 bits per heavy atom. The molecule has 0 aliphatic carbocycles. The van der Waals surface area contributed by atoms with E-state index >= 15 is 0 Å². The minimum atomic E-state index is -0.139. The average Bonchev–Trinajstić information content (AvgIpc) is 2.27. The summed E-state index contributed by atoms with van der Waals surface area (Å²) in [6.07, 6.45) is 3.71. The van der Waals surface area contributed by atoms with Gasteiger partial charge in [-0.05, 0) is 32.1 Å². The molecule has 0 aromatic rings. The first-order valence-corrected chi connectivity index (χ1v) is 5.70. The molecule has 2 atom stereocenters. The third-order valence-corrected chi connectivity index (χ3v) is 2.72. The van der Waals surface area contributed by atoms with Gasteiger partial charge in [0.15, 0.2) is 0 Å². The number of hydrogen-bond donors (Lipinski definition) is 2. The average molecular weight is 215 g/mol. The molecule has 0 spiro atoms. The van der Waals surface area contributed by atoms with Crippen LogP contribution in [0.2, 0.25) is 0 Å². The number of hydrogen-bond acceptors (Lipinski definition) is 3. The Hall–Kier alpha value is -0.610. The fourth-order valence-electron chi connectivity index (χ4n) is 1.76. The Morgan fingerprint density at radius 1 is 1.67 bits per heavy atom. The number of rotatable bonds is 5. The summed E-state index contributed by atoms with van der Waals surface area (Å²) in [4.78, 5) is 11.4. The molecule has 1 saturated heterocycles. The summed E-state index contributed by atoms with van der Waals surface area (Å²) in [7, 11) is 0. The zero-order valence-electron chi connectivity index (χ0n) is 9.37. The highest BCUT2D eigenvalue weighted by atomic mass is 16.5. The van der Waals surface area contributed by atoms with Gasteiger partial charge >= 0.3 is 0 Å². The minimum absolute atomic E-state index is 0.00171. The van der Waals surface area contributed by atoms with Gasteiger partial charge in [0.1, 0.15) is 0 Å². The van der Waals surface area contributed by atoms with Crippen LogP contribution in [0.3, 0.4) is 0 Å². The van der Waals surface area contributed by atoms with Crippen LogP contribution in [0.5, 0.6) is 0 Å². The molecule has 15 heavy (non-hydrogen) atoms. The van der Waals surface area contributed by atoms with E-state index in [4.69, 9.17) is 9.84 Å². The lowest BCUT2D eigenvalue weighted by Crippen LogP contribution is -2.35. The van der Waals surface area contributed by atoms with Gasteiger partial charge in [-0.3, -0.25) is 4.79 Å². The molecule has 1 aliphatic rings. The normalized spacial score (nSPS) is 23.5. The standard InChI is InChI=1S/C11H21NO3/c1-9(7-13)12-11(14)5-4-10-3-2-6-15-8-10/h9-10,13H,2-8H2,1H3,(H,12,14). The van der Waals surface area contributed by atoms with E-state index in [2.05, 4.69) is 5.32 Å². The van der Waals surface area contributed by atoms with Crippen LogP contribution in [0.25, 0.3) is 0 Å². The fraction of sp³-hybridized carbons (Fsp3) is 0.909. The van der Waals surface area contributed by atoms with E-state index in [0.717, 1.165) is 26.1 Å². The summed E-state index contributed by atoms with van der Waals surface area (Å²) in [5.74, 6) is 0.566. The van der Waals surface area contributed by atoms with Gasteiger partial charge < -0.3 is 15.2 Å². The van der Waals surface area contributed by atoms with Crippen LogP contribution in [0.1, 0.15) is 32.6 Å². The number of aliphatic hydroxyl groups excluding tert-OH is 1. The van der Waals surface area contributed by atoms with Gasteiger partial charge in [-0.25, -0.2) is 0 Å². The number of aliphatic hydroxyl groups is 1. The van der Waals surface area contributed by atoms with Crippen molar-refractivity contribution >= 4 is 5.91 Å². The molecule has 2 unspecified atom stereocenters. The van der Waals surface area contributed by atoms with E-state index in [1.807, 2.05) is 0 Å². The van der Waals surface area contributed by atoms with Crippen molar-refractivity contribution < 1.29 is 14.6 Å². The molecule has 0 bridgehead atoms. The molecular formula is C11H21NO3. The highest BCUT2D eigenvalue weighted by molar-refractivity contribution is 5.76. The molecule has 1 aliphatic heterocycles. The van der Waals surface area contributed by atoms with Crippen molar-refractivity contribution in [3.05, 3.63) is 0 Å². The van der Waals surface area contributed by atoms with E-state index in [1.54, 1.807) is 6.92 Å². The molecule has 4 heteroatoms. The molecule has 2 N–H and O–H groups in total. The first kappa shape index (κ1) is 12.5. The lowest BCUT2D eigenvalue weighted by molar-refractivity contribution is -0.122. The van der Waals surface area contributed by atoms with E-state index in [1.165, 1.54) is 6.42 Å². The first-order chi connectivity index (χ1) is 7.22. The summed E-state index contributed by atoms with van der Waals surface area (Å²) in [5.41, 5.74) is 0. The van der Waals surface area contributed by atoms with Crippen molar-refractivity contribution in [1.82, 2.24) is 5.32 Å². The summed E-state index contributed by atoms with van der Waals surface area (Å²) in [5, 5.41) is 11.5. The summed E-state index contributed by atoms with van der Waals surface area (Å²) >= 11 is 0. The first-order valence-electron chi connectivity index (χ1n) is 5.70. The molecule has 1 heterocycles. The third kappa shape index (κ3) is 5.14. The van der Waals surface area contributed by atoms with Crippen LogP contribution >= 0.6 is 0 Å². The monoisotopic (exact) mass is 215 g/mol. The lowest BCUT2D eigenvalue weighted by Gasteiger charge is -2.21. The van der Waals surface area contributed by atoms with Crippen LogP contribution in [0, 0.1) is 5.92 Å². The number of ether oxygens (including phenoxy) is 1. The zero-order valence-corrected chi connectivity index (χ0v) is 9.37. The molecule has 88 valence electrons. The molecule has 1 fully saturated rings. The van der Waals surface area contributed by atoms with Crippen LogP contribution in [0.15, 0.2) is 0 Å². The van der Waals surface area contributed by atoms with E-state index in [-0.39, 0.29) is 18.6 Å². The van der Waals surface area contributed by atoms with E-state index in [9.17, 15) is 4.79 Å². The highest BCUT2D eigenvalue weighted by Gasteiger charge is 2.15. The Bertz CT molecular complexity index is 190. The molecule has 1 rings (SSSR count). The SMILES string of the molecule is CC(CO)NC(=O)CCC1CCCOC1. The van der Waals surface area contributed by atoms with Crippen molar-refractivity contribution in [1.29, 1.82) is 0 Å². The van der Waals surface area contributed by atoms with Crippen molar-refractivity contribution in [2.24, 2.45) is 5.92 Å². The maximum atomic E-state index is 11.4. The van der Waals surface area contributed by atoms with Gasteiger partial charge in [0.2, 0.25) is 5.91 Å². The Balaban J connectivity index is 2.10. The zero-order chi connectivity index (χ0) is 11.1. The summed E-state index contributed by atoms with van der Waals surface area (Å²) < 4.78 is 5.34. The summed E-state index contributed by atoms with van der Waals surface area (Å²) in [6.45, 7) is 3.45. The fourth-order valence-corrected chi connectivity index (χ4v) is 1.76. The van der Waals surface area contributed by atoms with Crippen LogP contribution in [0.4, 0.5) is 0 Å². The second-order valence-electron chi connectivity index (χ2n) is 4.27.